The van der Waals surface area contributed by atoms with Crippen molar-refractivity contribution in [3.8, 4) is 0 Å². The zero-order valence-corrected chi connectivity index (χ0v) is 22.8. The van der Waals surface area contributed by atoms with E-state index in [4.69, 9.17) is 0 Å². The van der Waals surface area contributed by atoms with Crippen LogP contribution >= 0.6 is 0 Å². The number of aromatic nitrogens is 1. The molecule has 2 aliphatic heterocycles. The van der Waals surface area contributed by atoms with E-state index >= 15 is 8.78 Å². The van der Waals surface area contributed by atoms with Crippen LogP contribution in [0.1, 0.15) is 48.2 Å². The number of aliphatic hydroxyl groups excluding tert-OH is 1. The number of rotatable bonds is 9. The van der Waals surface area contributed by atoms with Gasteiger partial charge in [-0.25, -0.2) is 17.6 Å². The van der Waals surface area contributed by atoms with Crippen molar-refractivity contribution in [2.24, 2.45) is 0 Å². The summed E-state index contributed by atoms with van der Waals surface area (Å²) in [7, 11) is 0. The number of nitrogens with one attached hydrogen (secondary N) is 2. The molecule has 5 nitrogen and oxygen atoms in total. The average molecular weight is 605 g/mol. The normalized spacial score (nSPS) is 22.2. The first-order valence-electron chi connectivity index (χ1n) is 13.8. The average Bonchev–Trinajstić information content (AvgIpc) is 3.51. The third-order valence-electron chi connectivity index (χ3n) is 8.19. The summed E-state index contributed by atoms with van der Waals surface area (Å²) < 4.78 is 113. The molecule has 3 heterocycles. The molecule has 3 unspecified atom stereocenters. The summed E-state index contributed by atoms with van der Waals surface area (Å²) >= 11 is 0. The van der Waals surface area contributed by atoms with Gasteiger partial charge in [0.2, 0.25) is 0 Å². The summed E-state index contributed by atoms with van der Waals surface area (Å²) in [4.78, 5) is 6.07. The van der Waals surface area contributed by atoms with Crippen molar-refractivity contribution >= 4 is 16.6 Å². The van der Waals surface area contributed by atoms with Crippen LogP contribution in [0.25, 0.3) is 10.9 Å². The van der Waals surface area contributed by atoms with Gasteiger partial charge in [0.1, 0.15) is 18.2 Å². The fourth-order valence-corrected chi connectivity index (χ4v) is 6.21. The maximum Gasteiger partial charge on any atom is 0.416 e. The summed E-state index contributed by atoms with van der Waals surface area (Å²) in [6, 6.07) is 2.96. The van der Waals surface area contributed by atoms with Gasteiger partial charge in [0.05, 0.1) is 24.8 Å². The Morgan fingerprint density at radius 2 is 1.79 bits per heavy atom. The van der Waals surface area contributed by atoms with Gasteiger partial charge in [0.15, 0.2) is 0 Å². The van der Waals surface area contributed by atoms with E-state index in [9.17, 15) is 31.4 Å². The molecular weight excluding hydrogens is 572 g/mol. The molecule has 42 heavy (non-hydrogen) atoms. The molecule has 0 aliphatic carbocycles. The number of benzene rings is 2. The predicted molar refractivity (Wildman–Crippen MR) is 142 cm³/mol. The zero-order valence-electron chi connectivity index (χ0n) is 22.8. The van der Waals surface area contributed by atoms with Gasteiger partial charge in [-0.1, -0.05) is 6.07 Å². The number of hydrogen-bond donors (Lipinski definition) is 3. The van der Waals surface area contributed by atoms with E-state index in [1.54, 1.807) is 6.92 Å². The number of H-pyrrole nitrogens is 1. The number of fused-ring (bicyclic) bond motifs is 3. The lowest BCUT2D eigenvalue weighted by molar-refractivity contribution is -0.137. The Morgan fingerprint density at radius 1 is 1.07 bits per heavy atom. The lowest BCUT2D eigenvalue weighted by Crippen LogP contribution is -2.49. The van der Waals surface area contributed by atoms with Gasteiger partial charge >= 0.3 is 6.18 Å². The predicted octanol–water partition coefficient (Wildman–Crippen LogP) is 6.27. The summed E-state index contributed by atoms with van der Waals surface area (Å²) in [6.07, 6.45) is -3.43. The number of nitrogens with zero attached hydrogens (tertiary/aromatic N) is 2. The van der Waals surface area contributed by atoms with Gasteiger partial charge in [-0.05, 0) is 56.0 Å². The van der Waals surface area contributed by atoms with Crippen molar-refractivity contribution in [2.45, 2.75) is 56.4 Å². The van der Waals surface area contributed by atoms with E-state index in [2.05, 4.69) is 10.3 Å². The number of aliphatic hydroxyl groups is 1. The third-order valence-corrected chi connectivity index (χ3v) is 8.19. The standard InChI is InChI=1S/C29H32F8N4O/c1-16-9-21-20-4-3-17(29(35,36)37)10-24(20)39-26(21)27(41(16)14-28(33,34)15-42)25-22(31)11-19(12-23(25)32)38-18-5-8-40(13-18)7-2-6-30/h3-4,10-12,16,18,27,38-39,42H,2,5-9,13-15H2,1H3. The highest BCUT2D eigenvalue weighted by Gasteiger charge is 2.44. The largest absolute Gasteiger partial charge is 0.416 e. The summed E-state index contributed by atoms with van der Waals surface area (Å²) in [5.74, 6) is -5.63. The Balaban J connectivity index is 1.55. The SMILES string of the molecule is CC1Cc2c([nH]c3cc(C(F)(F)F)ccc23)C(c2c(F)cc(NC3CCN(CCCF)C3)cc2F)N1CC(F)(F)CO. The van der Waals surface area contributed by atoms with Crippen molar-refractivity contribution in [1.82, 2.24) is 14.8 Å². The molecule has 2 aromatic carbocycles. The molecule has 0 spiro atoms. The topological polar surface area (TPSA) is 54.5 Å². The lowest BCUT2D eigenvalue weighted by Gasteiger charge is -2.42. The molecule has 0 amide bonds. The molecule has 3 N–H and O–H groups in total. The first kappa shape index (κ1) is 30.6. The minimum Gasteiger partial charge on any atom is -0.390 e. The monoisotopic (exact) mass is 604 g/mol. The van der Waals surface area contributed by atoms with Crippen molar-refractivity contribution < 1.29 is 40.2 Å². The van der Waals surface area contributed by atoms with E-state index < -0.39 is 66.8 Å². The number of aromatic amines is 1. The molecule has 0 saturated carbocycles. The molecule has 13 heteroatoms. The minimum absolute atomic E-state index is 0.0699. The van der Waals surface area contributed by atoms with Crippen LogP contribution in [0.5, 0.6) is 0 Å². The molecule has 1 saturated heterocycles. The van der Waals surface area contributed by atoms with E-state index in [0.29, 0.717) is 43.4 Å². The second-order valence-corrected chi connectivity index (χ2v) is 11.2. The first-order valence-corrected chi connectivity index (χ1v) is 13.8. The molecule has 2 aliphatic rings. The number of alkyl halides is 6. The van der Waals surface area contributed by atoms with Gasteiger partial charge < -0.3 is 20.3 Å². The van der Waals surface area contributed by atoms with Crippen LogP contribution in [-0.4, -0.2) is 77.4 Å². The third kappa shape index (κ3) is 6.09. The van der Waals surface area contributed by atoms with Gasteiger partial charge in [-0.15, -0.1) is 0 Å². The van der Waals surface area contributed by atoms with Crippen LogP contribution in [0.3, 0.4) is 0 Å². The highest BCUT2D eigenvalue weighted by Crippen LogP contribution is 2.44. The van der Waals surface area contributed by atoms with Crippen molar-refractivity contribution in [2.75, 3.05) is 44.8 Å². The number of anilines is 1. The van der Waals surface area contributed by atoms with Crippen LogP contribution < -0.4 is 5.32 Å². The van der Waals surface area contributed by atoms with Gasteiger partial charge in [0, 0.05) is 59.6 Å². The van der Waals surface area contributed by atoms with Crippen LogP contribution in [-0.2, 0) is 12.6 Å². The Bertz CT molecular complexity index is 1400. The van der Waals surface area contributed by atoms with Gasteiger partial charge in [-0.2, -0.15) is 13.2 Å². The quantitative estimate of drug-likeness (QED) is 0.252. The maximum atomic E-state index is 15.8. The number of hydrogen-bond acceptors (Lipinski definition) is 4. The first-order chi connectivity index (χ1) is 19.8. The fourth-order valence-electron chi connectivity index (χ4n) is 6.21. The van der Waals surface area contributed by atoms with E-state index in [0.717, 1.165) is 24.3 Å². The fraction of sp³-hybridized carbons (Fsp3) is 0.517. The molecule has 3 atom stereocenters. The Labute approximate surface area is 237 Å². The number of halogens is 8. The van der Waals surface area contributed by atoms with Crippen molar-refractivity contribution in [3.05, 3.63) is 64.4 Å². The van der Waals surface area contributed by atoms with E-state index in [1.807, 2.05) is 4.90 Å². The van der Waals surface area contributed by atoms with Gasteiger partial charge in [-0.3, -0.25) is 9.29 Å². The zero-order chi connectivity index (χ0) is 30.4. The maximum absolute atomic E-state index is 15.8. The molecule has 0 bridgehead atoms. The van der Waals surface area contributed by atoms with Crippen LogP contribution in [0.2, 0.25) is 0 Å². The summed E-state index contributed by atoms with van der Waals surface area (Å²) in [5, 5.41) is 12.8. The van der Waals surface area contributed by atoms with Gasteiger partial charge in [0.25, 0.3) is 5.92 Å². The van der Waals surface area contributed by atoms with Crippen LogP contribution in [0, 0.1) is 11.6 Å². The van der Waals surface area contributed by atoms with Crippen molar-refractivity contribution in [3.63, 3.8) is 0 Å². The molecular formula is C29H32F8N4O. The van der Waals surface area contributed by atoms with Crippen LogP contribution in [0.4, 0.5) is 40.8 Å². The Kier molecular flexibility index (Phi) is 8.47. The molecule has 5 rings (SSSR count). The summed E-state index contributed by atoms with van der Waals surface area (Å²) in [6.45, 7) is 0.466. The molecule has 230 valence electrons. The minimum atomic E-state index is -4.63. The van der Waals surface area contributed by atoms with E-state index in [-0.39, 0.29) is 29.4 Å². The second kappa shape index (κ2) is 11.6. The lowest BCUT2D eigenvalue weighted by atomic mass is 9.87. The Hall–Kier alpha value is -2.90. The molecule has 1 aromatic heterocycles. The highest BCUT2D eigenvalue weighted by atomic mass is 19.4. The second-order valence-electron chi connectivity index (χ2n) is 11.2. The van der Waals surface area contributed by atoms with Crippen molar-refractivity contribution in [1.29, 1.82) is 0 Å². The molecule has 1 fully saturated rings. The molecule has 0 radical (unpaired) electrons. The molecule has 3 aromatic rings. The number of likely N-dealkylation sites (tertiary alicyclic amines) is 1. The Morgan fingerprint density at radius 3 is 2.43 bits per heavy atom. The smallest absolute Gasteiger partial charge is 0.390 e. The highest BCUT2D eigenvalue weighted by molar-refractivity contribution is 5.86. The van der Waals surface area contributed by atoms with Crippen LogP contribution in [0.15, 0.2) is 30.3 Å². The summed E-state index contributed by atoms with van der Waals surface area (Å²) in [5.41, 5.74) is -0.631. The van der Waals surface area contributed by atoms with E-state index in [1.165, 1.54) is 11.0 Å².